The van der Waals surface area contributed by atoms with Gasteiger partial charge in [-0.05, 0) is 0 Å². The van der Waals surface area contributed by atoms with E-state index < -0.39 is 7.82 Å². The van der Waals surface area contributed by atoms with Crippen molar-refractivity contribution in [1.82, 2.24) is 0 Å². The van der Waals surface area contributed by atoms with E-state index in [1.54, 1.807) is 0 Å². The Morgan fingerprint density at radius 1 is 1.57 bits per heavy atom. The van der Waals surface area contributed by atoms with Gasteiger partial charge in [-0.3, -0.25) is 0 Å². The van der Waals surface area contributed by atoms with E-state index in [-0.39, 0.29) is 50.7 Å². The Bertz CT molecular complexity index is 75.8. The van der Waals surface area contributed by atoms with Crippen molar-refractivity contribution in [2.75, 3.05) is 0 Å². The summed E-state index contributed by atoms with van der Waals surface area (Å²) in [6, 6.07) is 0. The number of hydrogen-bond donors (Lipinski definition) is 2. The Hall–Kier alpha value is 1.85. The van der Waals surface area contributed by atoms with Crippen molar-refractivity contribution in [1.29, 1.82) is 0 Å². The molecule has 0 unspecified atom stereocenters. The first-order chi connectivity index (χ1) is 2.56. The summed E-state index contributed by atoms with van der Waals surface area (Å²) in [5, 5.41) is 0. The van der Waals surface area contributed by atoms with Gasteiger partial charge in [0.1, 0.15) is 0 Å². The van der Waals surface area contributed by atoms with Gasteiger partial charge in [0.15, 0.2) is 0 Å². The molecule has 2 N–H and O–H groups in total. The molecule has 0 atom stereocenters. The van der Waals surface area contributed by atoms with E-state index in [0.717, 1.165) is 0 Å². The third-order valence-electron chi connectivity index (χ3n) is 0.137. The van der Waals surface area contributed by atoms with Gasteiger partial charge < -0.3 is 0 Å². The van der Waals surface area contributed by atoms with E-state index in [2.05, 4.69) is 2.80 Å². The molecule has 0 heterocycles. The number of rotatable bonds is 1. The van der Waals surface area contributed by atoms with Crippen molar-refractivity contribution in [3.05, 3.63) is 0 Å². The van der Waals surface area contributed by atoms with Crippen LogP contribution in [0.25, 0.3) is 0 Å². The molecule has 0 saturated carbocycles. The molecule has 0 aromatic carbocycles. The van der Waals surface area contributed by atoms with Crippen LogP contribution in [0, 0.1) is 0 Å². The van der Waals surface area contributed by atoms with E-state index in [9.17, 15) is 4.57 Å². The molecule has 0 saturated heterocycles. The quantitative estimate of drug-likeness (QED) is 0.364. The summed E-state index contributed by atoms with van der Waals surface area (Å²) in [6.07, 6.45) is 0. The van der Waals surface area contributed by atoms with E-state index in [4.69, 9.17) is 9.79 Å². The molecule has 0 bridgehead atoms. The number of hydrogen-bond acceptors (Lipinski definition) is 2. The molecule has 0 aliphatic rings. The summed E-state index contributed by atoms with van der Waals surface area (Å²) in [6.45, 7) is 0. The molecule has 2 radical (unpaired) electrons. The molecular weight excluding hydrogens is 424 g/mol. The monoisotopic (exact) mass is 430 g/mol. The molecular formula is H6O4PPbSb. The van der Waals surface area contributed by atoms with Crippen molar-refractivity contribution >= 4 is 58.6 Å². The van der Waals surface area contributed by atoms with E-state index in [1.165, 1.54) is 0 Å². The van der Waals surface area contributed by atoms with Crippen LogP contribution in [-0.2, 0) is 7.37 Å². The van der Waals surface area contributed by atoms with Crippen LogP contribution in [0.4, 0.5) is 0 Å². The maximum atomic E-state index is 9.50. The SMILES string of the molecule is O=P(O)(O)[O][SbH2].[PbH2]. The van der Waals surface area contributed by atoms with Crippen molar-refractivity contribution < 1.29 is 17.2 Å². The van der Waals surface area contributed by atoms with Gasteiger partial charge >= 0.3 is 75.7 Å². The van der Waals surface area contributed by atoms with Gasteiger partial charge in [0.2, 0.25) is 0 Å². The second-order valence-corrected chi connectivity index (χ2v) is 3.59. The van der Waals surface area contributed by atoms with Gasteiger partial charge in [-0.2, -0.15) is 0 Å². The van der Waals surface area contributed by atoms with Crippen LogP contribution >= 0.6 is 7.82 Å². The Balaban J connectivity index is 0. The average molecular weight is 430 g/mol. The first-order valence-electron chi connectivity index (χ1n) is 1.00. The third-order valence-corrected chi connectivity index (χ3v) is 2.76. The molecule has 0 fully saturated rings. The molecule has 44 valence electrons. The van der Waals surface area contributed by atoms with Gasteiger partial charge in [-0.1, -0.05) is 0 Å². The third kappa shape index (κ3) is 11.4. The van der Waals surface area contributed by atoms with Crippen LogP contribution in [0.3, 0.4) is 0 Å². The fourth-order valence-electron chi connectivity index (χ4n) is 0. The molecule has 0 aromatic rings. The van der Waals surface area contributed by atoms with Gasteiger partial charge in [-0.25, -0.2) is 0 Å². The second-order valence-electron chi connectivity index (χ2n) is 0.596. The molecule has 7 heteroatoms. The fraction of sp³-hybridized carbons (Fsp3) is 0. The Morgan fingerprint density at radius 3 is 1.71 bits per heavy atom. The van der Waals surface area contributed by atoms with Crippen LogP contribution in [-0.4, -0.2) is 60.5 Å². The van der Waals surface area contributed by atoms with E-state index in [1.807, 2.05) is 0 Å². The standard InChI is InChI=1S/H3O4P.Pb.Sb.4H/c1-5(2,3)4;;;;;;/h(H3,1,2,3,4);;;;;;/q;;+1;;;;/p-1. The topological polar surface area (TPSA) is 66.8 Å². The summed E-state index contributed by atoms with van der Waals surface area (Å²) < 4.78 is 13.2. The first-order valence-corrected chi connectivity index (χ1v) is 3.88. The summed E-state index contributed by atoms with van der Waals surface area (Å²) in [5.41, 5.74) is 0. The molecule has 4 nitrogen and oxygen atoms in total. The van der Waals surface area contributed by atoms with E-state index in [0.29, 0.717) is 0 Å². The first kappa shape index (κ1) is 11.6. The van der Waals surface area contributed by atoms with Gasteiger partial charge in [0.25, 0.3) is 0 Å². The van der Waals surface area contributed by atoms with Crippen LogP contribution in [0.1, 0.15) is 0 Å². The zero-order chi connectivity index (χ0) is 5.21. The van der Waals surface area contributed by atoms with Crippen LogP contribution in [0.5, 0.6) is 0 Å². The molecule has 0 spiro atoms. The minimum absolute atomic E-state index is 0. The zero-order valence-electron chi connectivity index (χ0n) is 3.44. The summed E-state index contributed by atoms with van der Waals surface area (Å²) >= 11 is 0.140. The van der Waals surface area contributed by atoms with Crippen molar-refractivity contribution in [3.8, 4) is 0 Å². The van der Waals surface area contributed by atoms with E-state index >= 15 is 0 Å². The van der Waals surface area contributed by atoms with Crippen molar-refractivity contribution in [2.45, 2.75) is 0 Å². The molecule has 0 aliphatic heterocycles. The molecule has 0 rings (SSSR count). The Morgan fingerprint density at radius 2 is 1.71 bits per heavy atom. The van der Waals surface area contributed by atoms with Crippen molar-refractivity contribution in [2.24, 2.45) is 0 Å². The fourth-order valence-corrected chi connectivity index (χ4v) is 0. The average Bonchev–Trinajstić information content (AvgIpc) is 1.35. The predicted octanol–water partition coefficient (Wildman–Crippen LogP) is -2.27. The molecule has 0 amide bonds. The molecule has 7 heavy (non-hydrogen) atoms. The van der Waals surface area contributed by atoms with Gasteiger partial charge in [0.05, 0.1) is 0 Å². The van der Waals surface area contributed by atoms with Crippen LogP contribution < -0.4 is 0 Å². The Kier molecular flexibility index (Phi) is 7.81. The van der Waals surface area contributed by atoms with Gasteiger partial charge in [0, 0.05) is 0 Å². The molecule has 0 aliphatic carbocycles. The normalized spacial score (nSPS) is 10.1. The summed E-state index contributed by atoms with van der Waals surface area (Å²) in [4.78, 5) is 15.5. The zero-order valence-corrected chi connectivity index (χ0v) is 13.1. The van der Waals surface area contributed by atoms with Crippen LogP contribution in [0.2, 0.25) is 0 Å². The maximum absolute atomic E-state index is 9.50. The van der Waals surface area contributed by atoms with Crippen molar-refractivity contribution in [3.63, 3.8) is 0 Å². The summed E-state index contributed by atoms with van der Waals surface area (Å²) in [5.74, 6) is 0. The Labute approximate surface area is 75.1 Å². The predicted molar refractivity (Wildman–Crippen MR) is 30.2 cm³/mol. The summed E-state index contributed by atoms with van der Waals surface area (Å²) in [7, 11) is -4.09. The van der Waals surface area contributed by atoms with Crippen LogP contribution in [0.15, 0.2) is 0 Å². The second kappa shape index (κ2) is 4.70. The number of phosphoric acid groups is 1. The van der Waals surface area contributed by atoms with Gasteiger partial charge in [-0.15, -0.1) is 0 Å². The molecule has 0 aromatic heterocycles. The minimum atomic E-state index is -4.09.